The van der Waals surface area contributed by atoms with Crippen molar-refractivity contribution in [2.75, 3.05) is 26.2 Å². The Morgan fingerprint density at radius 3 is 2.35 bits per heavy atom. The number of benzene rings is 1. The second-order valence-electron chi connectivity index (χ2n) is 5.52. The summed E-state index contributed by atoms with van der Waals surface area (Å²) in [6.45, 7) is 2.74. The molecule has 0 atom stereocenters. The average molecular weight is 312 g/mol. The Morgan fingerprint density at radius 1 is 1.00 bits per heavy atom. The predicted octanol–water partition coefficient (Wildman–Crippen LogP) is 1.68. The van der Waals surface area contributed by atoms with Gasteiger partial charge in [-0.2, -0.15) is 0 Å². The molecule has 0 saturated carbocycles. The molecule has 1 aromatic carbocycles. The number of amides is 3. The molecule has 6 nitrogen and oxygen atoms in total. The Labute approximate surface area is 135 Å². The first-order valence-corrected chi connectivity index (χ1v) is 7.73. The van der Waals surface area contributed by atoms with E-state index < -0.39 is 0 Å². The van der Waals surface area contributed by atoms with Crippen LogP contribution in [0.25, 0.3) is 0 Å². The smallest absolute Gasteiger partial charge is 0.317 e. The molecule has 1 aromatic heterocycles. The molecule has 0 spiro atoms. The molecule has 0 aliphatic carbocycles. The zero-order valence-electron chi connectivity index (χ0n) is 12.9. The first kappa shape index (κ1) is 15.1. The van der Waals surface area contributed by atoms with E-state index in [-0.39, 0.29) is 11.9 Å². The Bertz CT molecular complexity index is 646. The fourth-order valence-corrected chi connectivity index (χ4v) is 2.64. The number of carbonyl (C=O) groups excluding carboxylic acids is 2. The molecular weight excluding hydrogens is 292 g/mol. The van der Waals surface area contributed by atoms with Crippen LogP contribution < -0.4 is 5.32 Å². The van der Waals surface area contributed by atoms with E-state index >= 15 is 0 Å². The van der Waals surface area contributed by atoms with Gasteiger partial charge in [-0.3, -0.25) is 4.79 Å². The minimum Gasteiger partial charge on any atom is -0.367 e. The fourth-order valence-electron chi connectivity index (χ4n) is 2.64. The third-order valence-electron chi connectivity index (χ3n) is 3.99. The predicted molar refractivity (Wildman–Crippen MR) is 86.9 cm³/mol. The summed E-state index contributed by atoms with van der Waals surface area (Å²) in [7, 11) is 0. The maximum absolute atomic E-state index is 12.2. The Balaban J connectivity index is 1.47. The Morgan fingerprint density at radius 2 is 1.70 bits per heavy atom. The molecule has 3 amide bonds. The third kappa shape index (κ3) is 3.71. The molecule has 1 aliphatic heterocycles. The summed E-state index contributed by atoms with van der Waals surface area (Å²) in [5.74, 6) is 0.00981. The average Bonchev–Trinajstić information content (AvgIpc) is 3.15. The number of hydrogen-bond donors (Lipinski definition) is 2. The topological polar surface area (TPSA) is 68.4 Å². The summed E-state index contributed by atoms with van der Waals surface area (Å²) in [5, 5.41) is 2.92. The van der Waals surface area contributed by atoms with E-state index in [1.54, 1.807) is 28.3 Å². The maximum Gasteiger partial charge on any atom is 0.317 e. The summed E-state index contributed by atoms with van der Waals surface area (Å²) >= 11 is 0. The van der Waals surface area contributed by atoms with Crippen LogP contribution in [0.15, 0.2) is 48.8 Å². The van der Waals surface area contributed by atoms with Gasteiger partial charge in [0.15, 0.2) is 0 Å². The molecule has 1 aliphatic rings. The number of piperazine rings is 1. The van der Waals surface area contributed by atoms with Gasteiger partial charge >= 0.3 is 6.03 Å². The molecule has 2 aromatic rings. The van der Waals surface area contributed by atoms with Crippen LogP contribution in [0.4, 0.5) is 4.79 Å². The molecule has 1 fully saturated rings. The van der Waals surface area contributed by atoms with Crippen molar-refractivity contribution in [3.05, 3.63) is 59.9 Å². The minimum absolute atomic E-state index is 0.00981. The van der Waals surface area contributed by atoms with Crippen LogP contribution >= 0.6 is 0 Å². The van der Waals surface area contributed by atoms with Gasteiger partial charge in [-0.25, -0.2) is 4.79 Å². The van der Waals surface area contributed by atoms with Gasteiger partial charge in [-0.05, 0) is 11.6 Å². The molecule has 0 bridgehead atoms. The molecule has 0 radical (unpaired) electrons. The van der Waals surface area contributed by atoms with Gasteiger partial charge in [0, 0.05) is 45.1 Å². The van der Waals surface area contributed by atoms with Gasteiger partial charge in [0.1, 0.15) is 0 Å². The molecule has 2 N–H and O–H groups in total. The van der Waals surface area contributed by atoms with Crippen molar-refractivity contribution >= 4 is 11.9 Å². The van der Waals surface area contributed by atoms with Crippen molar-refractivity contribution in [1.29, 1.82) is 0 Å². The number of nitrogens with zero attached hydrogens (tertiary/aromatic N) is 2. The lowest BCUT2D eigenvalue weighted by Crippen LogP contribution is -2.53. The molecule has 0 unspecified atom stereocenters. The minimum atomic E-state index is -0.0809. The molecule has 23 heavy (non-hydrogen) atoms. The number of rotatable bonds is 3. The first-order chi connectivity index (χ1) is 11.2. The number of aromatic nitrogens is 1. The van der Waals surface area contributed by atoms with Crippen LogP contribution in [0.5, 0.6) is 0 Å². The van der Waals surface area contributed by atoms with Gasteiger partial charge in [-0.1, -0.05) is 30.3 Å². The lowest BCUT2D eigenvalue weighted by molar-refractivity contribution is 0.0665. The van der Waals surface area contributed by atoms with Crippen molar-refractivity contribution in [1.82, 2.24) is 20.1 Å². The van der Waals surface area contributed by atoms with E-state index in [4.69, 9.17) is 0 Å². The van der Waals surface area contributed by atoms with Crippen molar-refractivity contribution in [3.8, 4) is 0 Å². The van der Waals surface area contributed by atoms with Crippen LogP contribution in [0, 0.1) is 0 Å². The monoisotopic (exact) mass is 312 g/mol. The molecular formula is C17H20N4O2. The van der Waals surface area contributed by atoms with Gasteiger partial charge in [0.05, 0.1) is 5.56 Å². The van der Waals surface area contributed by atoms with Gasteiger partial charge in [0.25, 0.3) is 5.91 Å². The summed E-state index contributed by atoms with van der Waals surface area (Å²) in [5.41, 5.74) is 1.73. The Hall–Kier alpha value is -2.76. The number of H-pyrrole nitrogens is 1. The lowest BCUT2D eigenvalue weighted by Gasteiger charge is -2.34. The normalized spacial score (nSPS) is 14.6. The number of urea groups is 1. The molecule has 3 rings (SSSR count). The summed E-state index contributed by atoms with van der Waals surface area (Å²) in [4.78, 5) is 30.8. The molecule has 1 saturated heterocycles. The van der Waals surface area contributed by atoms with Crippen molar-refractivity contribution in [2.45, 2.75) is 6.54 Å². The van der Waals surface area contributed by atoms with E-state index in [2.05, 4.69) is 10.3 Å². The van der Waals surface area contributed by atoms with Gasteiger partial charge in [-0.15, -0.1) is 0 Å². The van der Waals surface area contributed by atoms with E-state index in [1.807, 2.05) is 30.3 Å². The lowest BCUT2D eigenvalue weighted by atomic mass is 10.2. The van der Waals surface area contributed by atoms with Crippen LogP contribution in [0.1, 0.15) is 15.9 Å². The second-order valence-corrected chi connectivity index (χ2v) is 5.52. The van der Waals surface area contributed by atoms with Crippen molar-refractivity contribution < 1.29 is 9.59 Å². The SMILES string of the molecule is O=C(NCc1ccccc1)N1CCN(C(=O)c2cc[nH]c2)CC1. The molecule has 120 valence electrons. The molecule has 2 heterocycles. The van der Waals surface area contributed by atoms with E-state index in [9.17, 15) is 9.59 Å². The van der Waals surface area contributed by atoms with Gasteiger partial charge < -0.3 is 20.1 Å². The number of hydrogen-bond acceptors (Lipinski definition) is 2. The highest BCUT2D eigenvalue weighted by Crippen LogP contribution is 2.08. The number of carbonyl (C=O) groups is 2. The first-order valence-electron chi connectivity index (χ1n) is 7.73. The highest BCUT2D eigenvalue weighted by atomic mass is 16.2. The quantitative estimate of drug-likeness (QED) is 0.905. The summed E-state index contributed by atoms with van der Waals surface area (Å²) in [6, 6.07) is 11.5. The second kappa shape index (κ2) is 7.00. The third-order valence-corrected chi connectivity index (χ3v) is 3.99. The maximum atomic E-state index is 12.2. The van der Waals surface area contributed by atoms with Gasteiger partial charge in [0.2, 0.25) is 0 Å². The Kier molecular flexibility index (Phi) is 4.61. The van der Waals surface area contributed by atoms with Crippen LogP contribution in [0.3, 0.4) is 0 Å². The highest BCUT2D eigenvalue weighted by molar-refractivity contribution is 5.94. The fraction of sp³-hybridized carbons (Fsp3) is 0.294. The van der Waals surface area contributed by atoms with E-state index in [0.29, 0.717) is 38.3 Å². The largest absolute Gasteiger partial charge is 0.367 e. The van der Waals surface area contributed by atoms with E-state index in [1.165, 1.54) is 0 Å². The van der Waals surface area contributed by atoms with Crippen molar-refractivity contribution in [3.63, 3.8) is 0 Å². The number of aromatic amines is 1. The molecule has 6 heteroatoms. The summed E-state index contributed by atoms with van der Waals surface area (Å²) < 4.78 is 0. The zero-order chi connectivity index (χ0) is 16.1. The highest BCUT2D eigenvalue weighted by Gasteiger charge is 2.24. The van der Waals surface area contributed by atoms with Crippen LogP contribution in [-0.4, -0.2) is 52.9 Å². The zero-order valence-corrected chi connectivity index (χ0v) is 12.9. The van der Waals surface area contributed by atoms with Crippen molar-refractivity contribution in [2.24, 2.45) is 0 Å². The number of nitrogens with one attached hydrogen (secondary N) is 2. The van der Waals surface area contributed by atoms with Crippen LogP contribution in [0.2, 0.25) is 0 Å². The standard InChI is InChI=1S/C17H20N4O2/c22-16(15-6-7-18-13-15)20-8-10-21(11-9-20)17(23)19-12-14-4-2-1-3-5-14/h1-7,13,18H,8-12H2,(H,19,23). The summed E-state index contributed by atoms with van der Waals surface area (Å²) in [6.07, 6.45) is 3.43. The van der Waals surface area contributed by atoms with E-state index in [0.717, 1.165) is 5.56 Å². The van der Waals surface area contributed by atoms with Crippen LogP contribution in [-0.2, 0) is 6.54 Å².